The fourth-order valence-electron chi connectivity index (χ4n) is 3.97. The van der Waals surface area contributed by atoms with Crippen LogP contribution in [0.25, 0.3) is 0 Å². The molecule has 0 saturated carbocycles. The Kier molecular flexibility index (Phi) is 8.16. The maximum absolute atomic E-state index is 12.9. The first-order chi connectivity index (χ1) is 17.9. The zero-order chi connectivity index (χ0) is 27.5. The molecular weight excluding hydrogens is 538 g/mol. The van der Waals surface area contributed by atoms with Crippen LogP contribution < -0.4 is 10.1 Å². The number of aryl methyl sites for hydroxylation is 1. The highest BCUT2D eigenvalue weighted by molar-refractivity contribution is 7.06. The van der Waals surface area contributed by atoms with Gasteiger partial charge in [0, 0.05) is 36.0 Å². The van der Waals surface area contributed by atoms with Crippen LogP contribution in [-0.4, -0.2) is 62.6 Å². The van der Waals surface area contributed by atoms with E-state index in [2.05, 4.69) is 24.6 Å². The van der Waals surface area contributed by atoms with E-state index in [1.807, 2.05) is 0 Å². The number of hydrogen-bond acceptors (Lipinski definition) is 8. The van der Waals surface area contributed by atoms with E-state index >= 15 is 0 Å². The molecule has 4 rings (SSSR count). The van der Waals surface area contributed by atoms with Gasteiger partial charge in [-0.05, 0) is 37.5 Å². The summed E-state index contributed by atoms with van der Waals surface area (Å²) in [5, 5.41) is 2.70. The van der Waals surface area contributed by atoms with Gasteiger partial charge in [0.15, 0.2) is 5.69 Å². The molecule has 8 nitrogen and oxygen atoms in total. The molecule has 15 heteroatoms. The van der Waals surface area contributed by atoms with Crippen molar-refractivity contribution in [1.82, 2.24) is 24.2 Å². The van der Waals surface area contributed by atoms with Gasteiger partial charge in [0.1, 0.15) is 0 Å². The van der Waals surface area contributed by atoms with Crippen molar-refractivity contribution < 1.29 is 35.9 Å². The van der Waals surface area contributed by atoms with Crippen LogP contribution in [0.3, 0.4) is 0 Å². The molecule has 3 aromatic heterocycles. The van der Waals surface area contributed by atoms with Crippen LogP contribution in [0.5, 0.6) is 5.88 Å². The van der Waals surface area contributed by atoms with Crippen molar-refractivity contribution in [3.8, 4) is 5.88 Å². The summed E-state index contributed by atoms with van der Waals surface area (Å²) < 4.78 is 85.6. The van der Waals surface area contributed by atoms with Crippen LogP contribution >= 0.6 is 11.5 Å². The van der Waals surface area contributed by atoms with Gasteiger partial charge in [0.05, 0.1) is 48.2 Å². The van der Waals surface area contributed by atoms with Crippen LogP contribution in [0, 0.1) is 12.8 Å². The molecule has 0 aromatic carbocycles. The third-order valence-electron chi connectivity index (χ3n) is 5.73. The second-order valence-electron chi connectivity index (χ2n) is 8.79. The molecule has 1 N–H and O–H groups in total. The van der Waals surface area contributed by atoms with Gasteiger partial charge in [0.2, 0.25) is 5.88 Å². The highest BCUT2D eigenvalue weighted by atomic mass is 32.1. The molecule has 1 aliphatic rings. The monoisotopic (exact) mass is 560 g/mol. The van der Waals surface area contributed by atoms with E-state index < -0.39 is 30.5 Å². The Labute approximate surface area is 217 Å². The minimum Gasteiger partial charge on any atom is -0.477 e. The lowest BCUT2D eigenvalue weighted by atomic mass is 10.1. The molecule has 0 aliphatic carbocycles. The number of anilines is 1. The van der Waals surface area contributed by atoms with Crippen molar-refractivity contribution in [3.05, 3.63) is 58.2 Å². The van der Waals surface area contributed by atoms with E-state index in [1.54, 1.807) is 13.0 Å². The van der Waals surface area contributed by atoms with Crippen molar-refractivity contribution in [3.63, 3.8) is 0 Å². The third-order valence-corrected chi connectivity index (χ3v) is 6.67. The lowest BCUT2D eigenvalue weighted by Crippen LogP contribution is -2.32. The van der Waals surface area contributed by atoms with E-state index in [0.29, 0.717) is 42.0 Å². The Hall–Kier alpha value is -3.33. The molecule has 1 aliphatic heterocycles. The van der Waals surface area contributed by atoms with Crippen molar-refractivity contribution in [2.45, 2.75) is 32.1 Å². The minimum atomic E-state index is -4.60. The van der Waals surface area contributed by atoms with Gasteiger partial charge in [-0.15, -0.1) is 0 Å². The highest BCUT2D eigenvalue weighted by Crippen LogP contribution is 2.28. The van der Waals surface area contributed by atoms with Gasteiger partial charge >= 0.3 is 12.4 Å². The lowest BCUT2D eigenvalue weighted by Gasteiger charge is -2.17. The molecule has 1 saturated heterocycles. The molecule has 204 valence electrons. The number of pyridine rings is 1. The molecule has 0 radical (unpaired) electrons. The molecule has 0 bridgehead atoms. The normalized spacial score (nSPS) is 16.6. The first kappa shape index (κ1) is 27.7. The zero-order valence-electron chi connectivity index (χ0n) is 19.9. The smallest absolute Gasteiger partial charge is 0.434 e. The van der Waals surface area contributed by atoms with Gasteiger partial charge in [-0.2, -0.15) is 30.7 Å². The number of aromatic nitrogens is 4. The van der Waals surface area contributed by atoms with Crippen LogP contribution in [0.15, 0.2) is 30.7 Å². The molecule has 1 atom stereocenters. The summed E-state index contributed by atoms with van der Waals surface area (Å²) in [7, 11) is 0. The second-order valence-corrected chi connectivity index (χ2v) is 9.65. The van der Waals surface area contributed by atoms with E-state index in [4.69, 9.17) is 4.74 Å². The average Bonchev–Trinajstić information content (AvgIpc) is 3.43. The number of halogens is 6. The number of alkyl halides is 6. The minimum absolute atomic E-state index is 0.0413. The zero-order valence-corrected chi connectivity index (χ0v) is 20.8. The Morgan fingerprint density at radius 3 is 2.55 bits per heavy atom. The molecule has 1 fully saturated rings. The molecule has 0 spiro atoms. The number of rotatable bonds is 8. The molecule has 3 aromatic rings. The fraction of sp³-hybridized carbons (Fsp3) is 0.435. The number of ether oxygens (including phenoxy) is 1. The Bertz CT molecular complexity index is 1250. The first-order valence-electron chi connectivity index (χ1n) is 11.4. The quantitative estimate of drug-likeness (QED) is 0.397. The van der Waals surface area contributed by atoms with Gasteiger partial charge in [0.25, 0.3) is 5.91 Å². The SMILES string of the molecule is Cc1nsc(Cc2cnc(C(F)(F)F)cn2)c1C(=O)Nc1ccc(OC[C@@H]2CCN(CC(F)(F)F)C2)nc1. The number of amides is 1. The molecular formula is C23H22F6N6O2S. The van der Waals surface area contributed by atoms with Crippen molar-refractivity contribution in [2.24, 2.45) is 5.92 Å². The standard InChI is InChI=1S/C23H22F6N6O2S/c1-13-20(17(38-34-13)6-16-8-31-18(9-30-16)23(27,28)29)21(36)33-15-2-3-19(32-7-15)37-11-14-4-5-35(10-14)12-22(24,25)26/h2-3,7-9,14H,4-6,10-12H2,1H3,(H,33,36)/t14-/m1/s1. The summed E-state index contributed by atoms with van der Waals surface area (Å²) in [6.07, 6.45) is -5.11. The Balaban J connectivity index is 1.32. The van der Waals surface area contributed by atoms with Gasteiger partial charge in [-0.25, -0.2) is 9.97 Å². The topological polar surface area (TPSA) is 93.1 Å². The van der Waals surface area contributed by atoms with E-state index in [1.165, 1.54) is 17.2 Å². The average molecular weight is 561 g/mol. The highest BCUT2D eigenvalue weighted by Gasteiger charge is 2.35. The fourth-order valence-corrected chi connectivity index (χ4v) is 4.85. The summed E-state index contributed by atoms with van der Waals surface area (Å²) in [6.45, 7) is 1.58. The molecule has 4 heterocycles. The van der Waals surface area contributed by atoms with E-state index in [-0.39, 0.29) is 36.1 Å². The number of hydrogen-bond donors (Lipinski definition) is 1. The van der Waals surface area contributed by atoms with Gasteiger partial charge in [-0.3, -0.25) is 14.7 Å². The predicted molar refractivity (Wildman–Crippen MR) is 125 cm³/mol. The summed E-state index contributed by atoms with van der Waals surface area (Å²) in [6, 6.07) is 3.11. The van der Waals surface area contributed by atoms with Crippen LogP contribution in [0.2, 0.25) is 0 Å². The molecule has 1 amide bonds. The number of carbonyl (C=O) groups is 1. The van der Waals surface area contributed by atoms with E-state index in [9.17, 15) is 31.1 Å². The third kappa shape index (κ3) is 7.37. The summed E-state index contributed by atoms with van der Waals surface area (Å²) in [4.78, 5) is 26.1. The molecule has 0 unspecified atom stereocenters. The Morgan fingerprint density at radius 1 is 1.13 bits per heavy atom. The number of nitrogens with one attached hydrogen (secondary N) is 1. The van der Waals surface area contributed by atoms with Crippen LogP contribution in [0.4, 0.5) is 32.0 Å². The summed E-state index contributed by atoms with van der Waals surface area (Å²) >= 11 is 1.04. The van der Waals surface area contributed by atoms with Gasteiger partial charge in [-0.1, -0.05) is 0 Å². The number of nitrogens with zero attached hydrogens (tertiary/aromatic N) is 5. The molecule has 38 heavy (non-hydrogen) atoms. The first-order valence-corrected chi connectivity index (χ1v) is 12.2. The number of carbonyl (C=O) groups excluding carboxylic acids is 1. The maximum Gasteiger partial charge on any atom is 0.434 e. The van der Waals surface area contributed by atoms with Crippen LogP contribution in [-0.2, 0) is 12.6 Å². The van der Waals surface area contributed by atoms with Gasteiger partial charge < -0.3 is 10.1 Å². The largest absolute Gasteiger partial charge is 0.477 e. The predicted octanol–water partition coefficient (Wildman–Crippen LogP) is 4.76. The van der Waals surface area contributed by atoms with Crippen molar-refractivity contribution in [1.29, 1.82) is 0 Å². The Morgan fingerprint density at radius 2 is 1.92 bits per heavy atom. The van der Waals surface area contributed by atoms with Crippen molar-refractivity contribution in [2.75, 3.05) is 31.6 Å². The van der Waals surface area contributed by atoms with E-state index in [0.717, 1.165) is 17.7 Å². The second kappa shape index (κ2) is 11.2. The van der Waals surface area contributed by atoms with Crippen molar-refractivity contribution >= 4 is 23.1 Å². The number of likely N-dealkylation sites (tertiary alicyclic amines) is 1. The lowest BCUT2D eigenvalue weighted by molar-refractivity contribution is -0.144. The summed E-state index contributed by atoms with van der Waals surface area (Å²) in [5.74, 6) is -0.245. The maximum atomic E-state index is 12.9. The summed E-state index contributed by atoms with van der Waals surface area (Å²) in [5.41, 5.74) is 0.243. The van der Waals surface area contributed by atoms with Crippen LogP contribution in [0.1, 0.15) is 38.7 Å².